The molecule has 2 fully saturated rings. The number of carbonyl (C=O) groups is 1. The highest BCUT2D eigenvalue weighted by atomic mass is 19.4. The maximum Gasteiger partial charge on any atom is 0.417 e. The Bertz CT molecular complexity index is 846. The lowest BCUT2D eigenvalue weighted by Gasteiger charge is -2.33. The molecule has 9 heteroatoms. The molecule has 0 spiro atoms. The Hall–Kier alpha value is -1.97. The maximum absolute atomic E-state index is 13.1. The Morgan fingerprint density at radius 2 is 2.03 bits per heavy atom. The summed E-state index contributed by atoms with van der Waals surface area (Å²) in [6, 6.07) is 1.67. The summed E-state index contributed by atoms with van der Waals surface area (Å²) in [7, 11) is 1.70. The average Bonchev–Trinajstić information content (AvgIpc) is 3.33. The monoisotopic (exact) mass is 483 g/mol. The van der Waals surface area contributed by atoms with Crippen molar-refractivity contribution in [2.45, 2.75) is 70.3 Å². The molecule has 6 nitrogen and oxygen atoms in total. The van der Waals surface area contributed by atoms with Crippen molar-refractivity contribution in [3.63, 3.8) is 0 Å². The van der Waals surface area contributed by atoms with E-state index in [0.717, 1.165) is 50.1 Å². The number of alkyl halides is 3. The molecule has 0 bridgehead atoms. The number of rotatable bonds is 5. The normalized spacial score (nSPS) is 27.6. The van der Waals surface area contributed by atoms with Crippen molar-refractivity contribution < 1.29 is 27.4 Å². The number of carbonyl (C=O) groups excluding carboxylic acids is 1. The molecule has 2 aliphatic heterocycles. The van der Waals surface area contributed by atoms with Crippen LogP contribution in [0.4, 0.5) is 13.2 Å². The number of nitrogens with zero attached hydrogens (tertiary/aromatic N) is 2. The second-order valence-electron chi connectivity index (χ2n) is 8.84. The van der Waals surface area contributed by atoms with Crippen molar-refractivity contribution in [2.75, 3.05) is 33.4 Å². The summed E-state index contributed by atoms with van der Waals surface area (Å²) in [4.78, 5) is 18.6. The van der Waals surface area contributed by atoms with Gasteiger partial charge in [0, 0.05) is 57.2 Å². The smallest absolute Gasteiger partial charge is 0.379 e. The lowest BCUT2D eigenvalue weighted by atomic mass is 9.98. The Morgan fingerprint density at radius 3 is 2.71 bits per heavy atom. The van der Waals surface area contributed by atoms with Gasteiger partial charge in [0.05, 0.1) is 18.3 Å². The third-order valence-electron chi connectivity index (χ3n) is 6.80. The number of methoxy groups -OCH3 is 1. The molecule has 1 aromatic heterocycles. The van der Waals surface area contributed by atoms with E-state index in [1.165, 1.54) is 6.20 Å². The fraction of sp³-hybridized carbons (Fsp3) is 0.680. The van der Waals surface area contributed by atoms with Crippen LogP contribution in [0.25, 0.3) is 5.57 Å². The zero-order chi connectivity index (χ0) is 24.7. The predicted octanol–water partition coefficient (Wildman–Crippen LogP) is 4.30. The summed E-state index contributed by atoms with van der Waals surface area (Å²) in [5.41, 5.74) is 0.532. The first-order chi connectivity index (χ1) is 16.3. The van der Waals surface area contributed by atoms with Gasteiger partial charge in [-0.2, -0.15) is 13.2 Å². The molecule has 190 valence electrons. The standard InChI is InChI=1S/C23H30F3N3O3.C2H6/c1-31-21-14-32-9-6-20(21)28-19-3-2-16(11-19)22(30)29-7-4-15(5-8-29)17-10-18(13-27-12-17)23(24,25)26;1-2/h4,10,12-13,16,19-21,28H,2-3,5-9,11,14H2,1H3;1-2H3/t16-,19+,20?,21?;/m0./s1. The first kappa shape index (κ1) is 26.6. The molecule has 0 aromatic carbocycles. The molecule has 3 aliphatic rings. The number of ether oxygens (including phenoxy) is 2. The number of halogens is 3. The van der Waals surface area contributed by atoms with Crippen LogP contribution in [0.2, 0.25) is 0 Å². The Balaban J connectivity index is 0.00000158. The number of nitrogens with one attached hydrogen (secondary N) is 1. The molecular weight excluding hydrogens is 447 g/mol. The summed E-state index contributed by atoms with van der Waals surface area (Å²) in [5, 5.41) is 3.67. The van der Waals surface area contributed by atoms with Gasteiger partial charge < -0.3 is 19.7 Å². The van der Waals surface area contributed by atoms with E-state index in [2.05, 4.69) is 10.3 Å². The van der Waals surface area contributed by atoms with E-state index in [1.807, 2.05) is 24.8 Å². The molecule has 1 aromatic rings. The fourth-order valence-corrected chi connectivity index (χ4v) is 4.95. The first-order valence-electron chi connectivity index (χ1n) is 12.2. The van der Waals surface area contributed by atoms with Crippen LogP contribution in [0.1, 0.15) is 57.1 Å². The minimum absolute atomic E-state index is 0.0153. The SMILES string of the molecule is CC.COC1COCCC1N[C@@H]1CC[C@H](C(=O)N2CC=C(c3cncc(C(F)(F)F)c3)CC2)C1. The van der Waals surface area contributed by atoms with Gasteiger partial charge in [-0.3, -0.25) is 9.78 Å². The van der Waals surface area contributed by atoms with Crippen LogP contribution in [-0.2, 0) is 20.4 Å². The third-order valence-corrected chi connectivity index (χ3v) is 6.80. The van der Waals surface area contributed by atoms with E-state index in [-0.39, 0.29) is 30.0 Å². The van der Waals surface area contributed by atoms with Gasteiger partial charge in [0.25, 0.3) is 0 Å². The van der Waals surface area contributed by atoms with E-state index in [1.54, 1.807) is 7.11 Å². The number of hydrogen-bond acceptors (Lipinski definition) is 5. The second kappa shape index (κ2) is 12.1. The van der Waals surface area contributed by atoms with Crippen molar-refractivity contribution in [3.05, 3.63) is 35.7 Å². The first-order valence-corrected chi connectivity index (χ1v) is 12.2. The molecule has 2 unspecified atom stereocenters. The van der Waals surface area contributed by atoms with Crippen LogP contribution in [0.3, 0.4) is 0 Å². The van der Waals surface area contributed by atoms with Crippen LogP contribution in [-0.4, -0.2) is 67.4 Å². The topological polar surface area (TPSA) is 63.7 Å². The Labute approximate surface area is 199 Å². The molecule has 3 heterocycles. The van der Waals surface area contributed by atoms with Gasteiger partial charge in [0.15, 0.2) is 0 Å². The largest absolute Gasteiger partial charge is 0.417 e. The van der Waals surface area contributed by atoms with E-state index in [4.69, 9.17) is 9.47 Å². The minimum atomic E-state index is -4.42. The second-order valence-corrected chi connectivity index (χ2v) is 8.84. The van der Waals surface area contributed by atoms with Crippen molar-refractivity contribution in [3.8, 4) is 0 Å². The van der Waals surface area contributed by atoms with Gasteiger partial charge in [-0.1, -0.05) is 19.9 Å². The summed E-state index contributed by atoms with van der Waals surface area (Å²) < 4.78 is 49.9. The van der Waals surface area contributed by atoms with Crippen molar-refractivity contribution in [1.82, 2.24) is 15.2 Å². The van der Waals surface area contributed by atoms with Crippen LogP contribution in [0.15, 0.2) is 24.5 Å². The number of hydrogen-bond donors (Lipinski definition) is 1. The highest BCUT2D eigenvalue weighted by Gasteiger charge is 2.36. The molecule has 34 heavy (non-hydrogen) atoms. The van der Waals surface area contributed by atoms with Crippen LogP contribution >= 0.6 is 0 Å². The van der Waals surface area contributed by atoms with E-state index >= 15 is 0 Å². The van der Waals surface area contributed by atoms with Gasteiger partial charge in [-0.15, -0.1) is 0 Å². The highest BCUT2D eigenvalue weighted by molar-refractivity contribution is 5.81. The molecule has 1 N–H and O–H groups in total. The lowest BCUT2D eigenvalue weighted by Crippen LogP contribution is -2.50. The maximum atomic E-state index is 13.1. The van der Waals surface area contributed by atoms with Crippen molar-refractivity contribution in [1.29, 1.82) is 0 Å². The van der Waals surface area contributed by atoms with Crippen LogP contribution < -0.4 is 5.32 Å². The van der Waals surface area contributed by atoms with Gasteiger partial charge in [0.2, 0.25) is 5.91 Å². The number of pyridine rings is 1. The lowest BCUT2D eigenvalue weighted by molar-refractivity contribution is -0.138. The molecular formula is C25H36F3N3O3. The van der Waals surface area contributed by atoms with Gasteiger partial charge in [-0.05, 0) is 49.3 Å². The molecule has 1 saturated heterocycles. The summed E-state index contributed by atoms with van der Waals surface area (Å²) in [6.07, 6.45) is 3.80. The van der Waals surface area contributed by atoms with E-state index in [0.29, 0.717) is 31.7 Å². The van der Waals surface area contributed by atoms with Crippen molar-refractivity contribution in [2.24, 2.45) is 5.92 Å². The van der Waals surface area contributed by atoms with E-state index in [9.17, 15) is 18.0 Å². The van der Waals surface area contributed by atoms with Gasteiger partial charge in [-0.25, -0.2) is 0 Å². The number of aromatic nitrogens is 1. The zero-order valence-corrected chi connectivity index (χ0v) is 20.2. The third kappa shape index (κ3) is 6.58. The molecule has 4 atom stereocenters. The molecule has 0 radical (unpaired) electrons. The average molecular weight is 484 g/mol. The van der Waals surface area contributed by atoms with Crippen molar-refractivity contribution >= 4 is 11.5 Å². The molecule has 1 saturated carbocycles. The summed E-state index contributed by atoms with van der Waals surface area (Å²) >= 11 is 0. The Kier molecular flexibility index (Phi) is 9.50. The summed E-state index contributed by atoms with van der Waals surface area (Å²) in [5.74, 6) is 0.126. The fourth-order valence-electron chi connectivity index (χ4n) is 4.95. The van der Waals surface area contributed by atoms with Gasteiger partial charge in [0.1, 0.15) is 0 Å². The Morgan fingerprint density at radius 1 is 1.24 bits per heavy atom. The minimum Gasteiger partial charge on any atom is -0.379 e. The zero-order valence-electron chi connectivity index (χ0n) is 20.2. The van der Waals surface area contributed by atoms with Crippen LogP contribution in [0, 0.1) is 5.92 Å². The molecule has 1 amide bonds. The molecule has 4 rings (SSSR count). The number of amides is 1. The summed E-state index contributed by atoms with van der Waals surface area (Å²) in [6.45, 7) is 6.25. The highest BCUT2D eigenvalue weighted by Crippen LogP contribution is 2.33. The predicted molar refractivity (Wildman–Crippen MR) is 124 cm³/mol. The van der Waals surface area contributed by atoms with E-state index < -0.39 is 11.7 Å². The quantitative estimate of drug-likeness (QED) is 0.677. The van der Waals surface area contributed by atoms with Gasteiger partial charge >= 0.3 is 6.18 Å². The van der Waals surface area contributed by atoms with Crippen LogP contribution in [0.5, 0.6) is 0 Å². The molecule has 1 aliphatic carbocycles.